The van der Waals surface area contributed by atoms with E-state index >= 15 is 0 Å². The molecule has 3 unspecified atom stereocenters. The van der Waals surface area contributed by atoms with E-state index in [-0.39, 0.29) is 11.9 Å². The summed E-state index contributed by atoms with van der Waals surface area (Å²) in [6.45, 7) is 0. The van der Waals surface area contributed by atoms with E-state index < -0.39 is 0 Å². The van der Waals surface area contributed by atoms with Gasteiger partial charge in [-0.05, 0) is 55.7 Å². The summed E-state index contributed by atoms with van der Waals surface area (Å²) in [6.07, 6.45) is 3.43. The van der Waals surface area contributed by atoms with E-state index in [1.54, 1.807) is 18.2 Å². The molecule has 1 amide bonds. The summed E-state index contributed by atoms with van der Waals surface area (Å²) in [5, 5.41) is 7.41. The normalized spacial score (nSPS) is 25.5. The lowest BCUT2D eigenvalue weighted by atomic mass is 9.95. The third-order valence-corrected chi connectivity index (χ3v) is 5.61. The summed E-state index contributed by atoms with van der Waals surface area (Å²) in [5.74, 6) is 0.678. The molecule has 2 aromatic rings. The van der Waals surface area contributed by atoms with E-state index in [9.17, 15) is 4.79 Å². The van der Waals surface area contributed by atoms with Crippen LogP contribution in [-0.2, 0) is 0 Å². The van der Waals surface area contributed by atoms with Crippen molar-refractivity contribution in [2.24, 2.45) is 0 Å². The molecule has 0 saturated carbocycles. The molecule has 1 aromatic carbocycles. The maximum absolute atomic E-state index is 12.4. The second kappa shape index (κ2) is 6.15. The van der Waals surface area contributed by atoms with Crippen molar-refractivity contribution in [1.82, 2.24) is 10.6 Å². The van der Waals surface area contributed by atoms with Crippen LogP contribution in [0.4, 0.5) is 0 Å². The number of hydrogen-bond acceptors (Lipinski definition) is 4. The second-order valence-electron chi connectivity index (χ2n) is 6.05. The first-order chi connectivity index (χ1) is 11.2. The monoisotopic (exact) mass is 348 g/mol. The van der Waals surface area contributed by atoms with Crippen molar-refractivity contribution in [3.63, 3.8) is 0 Å². The lowest BCUT2D eigenvalue weighted by molar-refractivity contribution is 0.0931. The van der Waals surface area contributed by atoms with E-state index in [0.29, 0.717) is 27.7 Å². The average Bonchev–Trinajstić information content (AvgIpc) is 3.25. The van der Waals surface area contributed by atoms with Crippen LogP contribution < -0.4 is 15.4 Å². The molecular weight excluding hydrogens is 332 g/mol. The Kier molecular flexibility index (Phi) is 4.01. The van der Waals surface area contributed by atoms with Gasteiger partial charge in [0.1, 0.15) is 5.75 Å². The van der Waals surface area contributed by atoms with Gasteiger partial charge in [-0.1, -0.05) is 22.9 Å². The van der Waals surface area contributed by atoms with Crippen LogP contribution in [0, 0.1) is 0 Å². The molecule has 0 aliphatic carbocycles. The highest BCUT2D eigenvalue weighted by atomic mass is 35.5. The first-order valence-corrected chi connectivity index (χ1v) is 8.97. The number of rotatable bonds is 4. The van der Waals surface area contributed by atoms with Gasteiger partial charge in [0.05, 0.1) is 4.34 Å². The Morgan fingerprint density at radius 2 is 2.04 bits per heavy atom. The summed E-state index contributed by atoms with van der Waals surface area (Å²) >= 11 is 7.26. The molecule has 23 heavy (non-hydrogen) atoms. The van der Waals surface area contributed by atoms with Crippen LogP contribution in [-0.4, -0.2) is 24.0 Å². The van der Waals surface area contributed by atoms with Crippen molar-refractivity contribution in [3.8, 4) is 10.8 Å². The van der Waals surface area contributed by atoms with E-state index in [4.69, 9.17) is 16.3 Å². The van der Waals surface area contributed by atoms with Gasteiger partial charge >= 0.3 is 0 Å². The Balaban J connectivity index is 1.38. The Morgan fingerprint density at radius 3 is 2.65 bits per heavy atom. The molecule has 2 aliphatic heterocycles. The van der Waals surface area contributed by atoms with Gasteiger partial charge < -0.3 is 15.4 Å². The van der Waals surface area contributed by atoms with Crippen LogP contribution in [0.1, 0.15) is 29.6 Å². The molecule has 2 bridgehead atoms. The summed E-state index contributed by atoms with van der Waals surface area (Å²) in [7, 11) is 0. The number of amides is 1. The number of ether oxygens (including phenoxy) is 1. The van der Waals surface area contributed by atoms with Gasteiger partial charge in [-0.25, -0.2) is 0 Å². The quantitative estimate of drug-likeness (QED) is 0.883. The van der Waals surface area contributed by atoms with Crippen molar-refractivity contribution in [2.45, 2.75) is 37.4 Å². The van der Waals surface area contributed by atoms with E-state index in [0.717, 1.165) is 17.9 Å². The molecule has 3 heterocycles. The minimum atomic E-state index is -0.0185. The third kappa shape index (κ3) is 3.22. The van der Waals surface area contributed by atoms with Gasteiger partial charge in [0.25, 0.3) is 5.91 Å². The molecule has 120 valence electrons. The van der Waals surface area contributed by atoms with Gasteiger partial charge in [0.15, 0.2) is 5.06 Å². The van der Waals surface area contributed by atoms with Crippen LogP contribution in [0.2, 0.25) is 4.34 Å². The van der Waals surface area contributed by atoms with Gasteiger partial charge in [-0.3, -0.25) is 4.79 Å². The SMILES string of the molecule is O=C(NC1CC2CCC1N2)c1ccc(Oc2ccc(Cl)s2)cc1. The molecule has 6 heteroatoms. The standard InChI is InChI=1S/C17H17ClN2O2S/c18-15-7-8-16(23-15)22-12-4-1-10(2-5-12)17(21)20-14-9-11-3-6-13(14)19-11/h1-2,4-5,7-8,11,13-14,19H,3,6,9H2,(H,20,21). The van der Waals surface area contributed by atoms with Crippen molar-refractivity contribution in [1.29, 1.82) is 0 Å². The molecular formula is C17H17ClN2O2S. The minimum absolute atomic E-state index is 0.0185. The highest BCUT2D eigenvalue weighted by Gasteiger charge is 2.39. The zero-order chi connectivity index (χ0) is 15.8. The van der Waals surface area contributed by atoms with Crippen LogP contribution in [0.15, 0.2) is 36.4 Å². The van der Waals surface area contributed by atoms with E-state index in [1.807, 2.05) is 18.2 Å². The molecule has 1 aromatic heterocycles. The minimum Gasteiger partial charge on any atom is -0.447 e. The Morgan fingerprint density at radius 1 is 1.22 bits per heavy atom. The number of carbonyl (C=O) groups is 1. The maximum Gasteiger partial charge on any atom is 0.251 e. The summed E-state index contributed by atoms with van der Waals surface area (Å²) in [6, 6.07) is 12.1. The largest absolute Gasteiger partial charge is 0.447 e. The maximum atomic E-state index is 12.4. The number of thiophene rings is 1. The van der Waals surface area contributed by atoms with Gasteiger partial charge in [0.2, 0.25) is 0 Å². The van der Waals surface area contributed by atoms with Crippen molar-refractivity contribution < 1.29 is 9.53 Å². The Bertz CT molecular complexity index is 716. The van der Waals surface area contributed by atoms with Gasteiger partial charge in [-0.15, -0.1) is 0 Å². The topological polar surface area (TPSA) is 50.4 Å². The smallest absolute Gasteiger partial charge is 0.251 e. The molecule has 4 nitrogen and oxygen atoms in total. The summed E-state index contributed by atoms with van der Waals surface area (Å²) < 4.78 is 6.39. The number of carbonyl (C=O) groups excluding carboxylic acids is 1. The van der Waals surface area contributed by atoms with Crippen molar-refractivity contribution in [3.05, 3.63) is 46.3 Å². The first-order valence-electron chi connectivity index (χ1n) is 7.77. The fourth-order valence-electron chi connectivity index (χ4n) is 3.38. The molecule has 0 radical (unpaired) electrons. The van der Waals surface area contributed by atoms with Crippen LogP contribution >= 0.6 is 22.9 Å². The fraction of sp³-hybridized carbons (Fsp3) is 0.353. The van der Waals surface area contributed by atoms with Crippen LogP contribution in [0.3, 0.4) is 0 Å². The highest BCUT2D eigenvalue weighted by Crippen LogP contribution is 2.32. The molecule has 3 atom stereocenters. The number of hydrogen-bond donors (Lipinski definition) is 2. The molecule has 2 saturated heterocycles. The van der Waals surface area contributed by atoms with Crippen molar-refractivity contribution >= 4 is 28.8 Å². The first kappa shape index (κ1) is 15.0. The lowest BCUT2D eigenvalue weighted by Gasteiger charge is -2.21. The molecule has 4 rings (SSSR count). The van der Waals surface area contributed by atoms with Crippen LogP contribution in [0.25, 0.3) is 0 Å². The molecule has 2 fully saturated rings. The second-order valence-corrected chi connectivity index (χ2v) is 7.73. The predicted molar refractivity (Wildman–Crippen MR) is 91.7 cm³/mol. The third-order valence-electron chi connectivity index (χ3n) is 4.50. The Hall–Kier alpha value is -1.56. The Labute approximate surface area is 143 Å². The van der Waals surface area contributed by atoms with Crippen LogP contribution in [0.5, 0.6) is 10.8 Å². The number of halogens is 1. The van der Waals surface area contributed by atoms with Gasteiger partial charge in [0, 0.05) is 23.7 Å². The number of fused-ring (bicyclic) bond motifs is 2. The fourth-order valence-corrected chi connectivity index (χ4v) is 4.27. The zero-order valence-electron chi connectivity index (χ0n) is 12.4. The van der Waals surface area contributed by atoms with Gasteiger partial charge in [-0.2, -0.15) is 0 Å². The summed E-state index contributed by atoms with van der Waals surface area (Å²) in [4.78, 5) is 12.4. The zero-order valence-corrected chi connectivity index (χ0v) is 14.0. The molecule has 0 spiro atoms. The number of benzene rings is 1. The van der Waals surface area contributed by atoms with E-state index in [2.05, 4.69) is 10.6 Å². The summed E-state index contributed by atoms with van der Waals surface area (Å²) in [5.41, 5.74) is 0.657. The van der Waals surface area contributed by atoms with E-state index in [1.165, 1.54) is 17.8 Å². The lowest BCUT2D eigenvalue weighted by Crippen LogP contribution is -2.42. The van der Waals surface area contributed by atoms with Crippen molar-refractivity contribution in [2.75, 3.05) is 0 Å². The number of nitrogens with one attached hydrogen (secondary N) is 2. The molecule has 2 aliphatic rings. The molecule has 2 N–H and O–H groups in total. The highest BCUT2D eigenvalue weighted by molar-refractivity contribution is 7.17. The predicted octanol–water partition coefficient (Wildman–Crippen LogP) is 3.82. The average molecular weight is 349 g/mol.